The lowest BCUT2D eigenvalue weighted by Gasteiger charge is -2.21. The number of rotatable bonds is 0. The smallest absolute Gasteiger partial charge is 0.260 e. The van der Waals surface area contributed by atoms with Gasteiger partial charge in [-0.25, -0.2) is 8.78 Å². The normalized spacial score (nSPS) is 16.7. The minimum Gasteiger partial charge on any atom is -0.311 e. The molecule has 3 heteroatoms. The first kappa shape index (κ1) is 20.0. The molecule has 15 heavy (non-hydrogen) atoms. The number of piperidine rings is 1. The summed E-state index contributed by atoms with van der Waals surface area (Å²) in [6.07, 6.45) is 1.91. The largest absolute Gasteiger partial charge is 0.311 e. The van der Waals surface area contributed by atoms with Crippen LogP contribution < -0.4 is 5.32 Å². The maximum Gasteiger partial charge on any atom is 0.260 e. The molecule has 0 aromatic rings. The summed E-state index contributed by atoms with van der Waals surface area (Å²) in [6.45, 7) is 14.9. The van der Waals surface area contributed by atoms with Crippen LogP contribution in [0.1, 0.15) is 47.0 Å². The summed E-state index contributed by atoms with van der Waals surface area (Å²) in [5.41, 5.74) is 0. The second kappa shape index (κ2) is 16.0. The van der Waals surface area contributed by atoms with Crippen LogP contribution in [0.3, 0.4) is 0 Å². The number of hydrogen-bond donors (Lipinski definition) is 1. The molecule has 0 aromatic carbocycles. The fourth-order valence-electron chi connectivity index (χ4n) is 0.832. The topological polar surface area (TPSA) is 12.0 Å². The number of hydrogen-bond acceptors (Lipinski definition) is 1. The molecule has 1 rings (SSSR count). The average molecular weight is 223 g/mol. The van der Waals surface area contributed by atoms with E-state index in [0.29, 0.717) is 6.42 Å². The van der Waals surface area contributed by atoms with Crippen LogP contribution in [0.5, 0.6) is 0 Å². The second-order valence-electron chi connectivity index (χ2n) is 2.84. The fourth-order valence-corrected chi connectivity index (χ4v) is 0.832. The Morgan fingerprint density at radius 1 is 1.20 bits per heavy atom. The Kier molecular flexibility index (Phi) is 21.4. The molecule has 0 saturated carbocycles. The van der Waals surface area contributed by atoms with Gasteiger partial charge in [0.15, 0.2) is 0 Å². The van der Waals surface area contributed by atoms with E-state index in [1.165, 1.54) is 6.42 Å². The highest BCUT2D eigenvalue weighted by molar-refractivity contribution is 4.74. The van der Waals surface area contributed by atoms with Crippen molar-refractivity contribution >= 4 is 0 Å². The van der Waals surface area contributed by atoms with E-state index in [1.807, 2.05) is 13.8 Å². The molecule has 0 bridgehead atoms. The Labute approximate surface area is 94.0 Å². The molecule has 0 unspecified atom stereocenters. The van der Waals surface area contributed by atoms with Crippen molar-refractivity contribution in [2.45, 2.75) is 52.9 Å². The van der Waals surface area contributed by atoms with E-state index in [-0.39, 0.29) is 13.0 Å². The minimum absolute atomic E-state index is 0.0556. The van der Waals surface area contributed by atoms with E-state index >= 15 is 0 Å². The average Bonchev–Trinajstić information content (AvgIpc) is 2.24. The van der Waals surface area contributed by atoms with E-state index in [4.69, 9.17) is 0 Å². The summed E-state index contributed by atoms with van der Waals surface area (Å²) in [5.74, 6) is -2.43. The lowest BCUT2D eigenvalue weighted by atomic mass is 10.1. The third kappa shape index (κ3) is 19.8. The van der Waals surface area contributed by atoms with Crippen molar-refractivity contribution in [1.29, 1.82) is 0 Å². The van der Waals surface area contributed by atoms with Crippen molar-refractivity contribution in [2.75, 3.05) is 13.1 Å². The first-order valence-electron chi connectivity index (χ1n) is 5.71. The standard InChI is InChI=1S/C5H9F2N.C3H8.C2H6.C2H4/c6-5(7)2-1-3-8-4-5;1-3-2;2*1-2/h8H,1-4H2;3H2,1-2H3;1-2H3;1-2H2. The van der Waals surface area contributed by atoms with Crippen molar-refractivity contribution in [2.24, 2.45) is 0 Å². The molecule has 1 heterocycles. The third-order valence-corrected chi connectivity index (χ3v) is 1.28. The zero-order valence-corrected chi connectivity index (χ0v) is 10.7. The van der Waals surface area contributed by atoms with Gasteiger partial charge in [-0.05, 0) is 13.0 Å². The van der Waals surface area contributed by atoms with Gasteiger partial charge in [-0.1, -0.05) is 34.1 Å². The van der Waals surface area contributed by atoms with Gasteiger partial charge in [-0.15, -0.1) is 13.2 Å². The van der Waals surface area contributed by atoms with Gasteiger partial charge in [0.2, 0.25) is 0 Å². The highest BCUT2D eigenvalue weighted by atomic mass is 19.3. The van der Waals surface area contributed by atoms with Crippen molar-refractivity contribution in [3.63, 3.8) is 0 Å². The molecular formula is C12H27F2N. The third-order valence-electron chi connectivity index (χ3n) is 1.28. The molecule has 0 aliphatic carbocycles. The number of nitrogens with one attached hydrogen (secondary N) is 1. The van der Waals surface area contributed by atoms with Crippen LogP contribution in [-0.2, 0) is 0 Å². The van der Waals surface area contributed by atoms with Crippen LogP contribution in [-0.4, -0.2) is 19.0 Å². The van der Waals surface area contributed by atoms with Gasteiger partial charge >= 0.3 is 0 Å². The number of alkyl halides is 2. The molecular weight excluding hydrogens is 196 g/mol. The Morgan fingerprint density at radius 3 is 1.73 bits per heavy atom. The molecule has 1 fully saturated rings. The zero-order valence-electron chi connectivity index (χ0n) is 10.7. The van der Waals surface area contributed by atoms with Crippen molar-refractivity contribution < 1.29 is 8.78 Å². The van der Waals surface area contributed by atoms with Gasteiger partial charge in [-0.3, -0.25) is 0 Å². The highest BCUT2D eigenvalue weighted by Crippen LogP contribution is 2.21. The molecule has 94 valence electrons. The van der Waals surface area contributed by atoms with Gasteiger partial charge in [0.1, 0.15) is 0 Å². The predicted molar refractivity (Wildman–Crippen MR) is 65.6 cm³/mol. The van der Waals surface area contributed by atoms with Crippen LogP contribution in [0.2, 0.25) is 0 Å². The summed E-state index contributed by atoms with van der Waals surface area (Å²) in [5, 5.41) is 2.62. The second-order valence-corrected chi connectivity index (χ2v) is 2.84. The summed E-state index contributed by atoms with van der Waals surface area (Å²) in [6, 6.07) is 0. The molecule has 1 nitrogen and oxygen atoms in total. The quantitative estimate of drug-likeness (QED) is 0.605. The highest BCUT2D eigenvalue weighted by Gasteiger charge is 2.30. The van der Waals surface area contributed by atoms with Crippen LogP contribution in [0.4, 0.5) is 8.78 Å². The zero-order chi connectivity index (χ0) is 12.7. The van der Waals surface area contributed by atoms with Crippen molar-refractivity contribution in [1.82, 2.24) is 5.32 Å². The molecule has 1 aliphatic heterocycles. The molecule has 0 radical (unpaired) electrons. The SMILES string of the molecule is C=C.CC.CCC.FC1(F)CCCNC1. The minimum atomic E-state index is -2.43. The maximum atomic E-state index is 12.1. The summed E-state index contributed by atoms with van der Waals surface area (Å²) in [7, 11) is 0. The Morgan fingerprint density at radius 2 is 1.60 bits per heavy atom. The van der Waals surface area contributed by atoms with E-state index in [1.54, 1.807) is 0 Å². The first-order valence-corrected chi connectivity index (χ1v) is 5.71. The Hall–Kier alpha value is -0.440. The molecule has 0 spiro atoms. The van der Waals surface area contributed by atoms with Crippen LogP contribution in [0, 0.1) is 0 Å². The molecule has 1 N–H and O–H groups in total. The molecule has 1 saturated heterocycles. The Balaban J connectivity index is -0.000000176. The molecule has 0 atom stereocenters. The monoisotopic (exact) mass is 223 g/mol. The first-order chi connectivity index (χ1) is 7.12. The van der Waals surface area contributed by atoms with Gasteiger partial charge in [0.05, 0.1) is 6.54 Å². The van der Waals surface area contributed by atoms with Gasteiger partial charge in [-0.2, -0.15) is 0 Å². The van der Waals surface area contributed by atoms with Crippen molar-refractivity contribution in [3.8, 4) is 0 Å². The molecule has 0 aromatic heterocycles. The van der Waals surface area contributed by atoms with Crippen LogP contribution in [0.25, 0.3) is 0 Å². The van der Waals surface area contributed by atoms with Crippen LogP contribution in [0.15, 0.2) is 13.2 Å². The fraction of sp³-hybridized carbons (Fsp3) is 0.833. The summed E-state index contributed by atoms with van der Waals surface area (Å²) in [4.78, 5) is 0. The Bertz CT molecular complexity index is 97.8. The summed E-state index contributed by atoms with van der Waals surface area (Å²) >= 11 is 0. The lowest BCUT2D eigenvalue weighted by Crippen LogP contribution is -2.38. The maximum absolute atomic E-state index is 12.1. The van der Waals surface area contributed by atoms with Gasteiger partial charge in [0, 0.05) is 6.42 Å². The van der Waals surface area contributed by atoms with E-state index in [2.05, 4.69) is 32.3 Å². The summed E-state index contributed by atoms with van der Waals surface area (Å²) < 4.78 is 24.3. The van der Waals surface area contributed by atoms with E-state index < -0.39 is 5.92 Å². The molecule has 0 amide bonds. The van der Waals surface area contributed by atoms with Crippen molar-refractivity contribution in [3.05, 3.63) is 13.2 Å². The van der Waals surface area contributed by atoms with E-state index in [0.717, 1.165) is 6.54 Å². The number of halogens is 2. The van der Waals surface area contributed by atoms with Gasteiger partial charge in [0.25, 0.3) is 5.92 Å². The van der Waals surface area contributed by atoms with Gasteiger partial charge < -0.3 is 5.32 Å². The predicted octanol–water partition coefficient (Wildman–Crippen LogP) is 4.25. The lowest BCUT2D eigenvalue weighted by molar-refractivity contribution is -0.0208. The van der Waals surface area contributed by atoms with Crippen LogP contribution >= 0.6 is 0 Å². The molecule has 1 aliphatic rings. The van der Waals surface area contributed by atoms with E-state index in [9.17, 15) is 8.78 Å².